The summed E-state index contributed by atoms with van der Waals surface area (Å²) < 4.78 is 38.1. The molecule has 1 fully saturated rings. The Hall–Kier alpha value is -3.86. The molecule has 0 radical (unpaired) electrons. The number of likely N-dealkylation sites (tertiary alicyclic amines) is 1. The molecule has 0 atom stereocenters. The van der Waals surface area contributed by atoms with Gasteiger partial charge in [-0.2, -0.15) is 8.78 Å². The number of ether oxygens (including phenoxy) is 2. The second kappa shape index (κ2) is 11.7. The van der Waals surface area contributed by atoms with Crippen molar-refractivity contribution in [3.8, 4) is 5.75 Å². The number of carbonyl (C=O) groups excluding carboxylic acids is 1. The Morgan fingerprint density at radius 3 is 2.58 bits per heavy atom. The van der Waals surface area contributed by atoms with Gasteiger partial charge in [0, 0.05) is 42.7 Å². The van der Waals surface area contributed by atoms with Gasteiger partial charge in [0.1, 0.15) is 17.7 Å². The Balaban J connectivity index is 1.72. The molecule has 2 aromatic carbocycles. The molecule has 9 nitrogen and oxygen atoms in total. The monoisotopic (exact) mass is 547 g/mol. The molecule has 38 heavy (non-hydrogen) atoms. The van der Waals surface area contributed by atoms with E-state index in [1.54, 1.807) is 40.7 Å². The summed E-state index contributed by atoms with van der Waals surface area (Å²) in [6, 6.07) is 10.3. The maximum Gasteiger partial charge on any atom is 0.409 e. The fourth-order valence-corrected chi connectivity index (χ4v) is 4.46. The number of fused-ring (bicyclic) bond motifs is 1. The van der Waals surface area contributed by atoms with Crippen LogP contribution in [0.1, 0.15) is 29.8 Å². The second-order valence-corrected chi connectivity index (χ2v) is 9.32. The number of halogens is 3. The molecule has 4 rings (SSSR count). The van der Waals surface area contributed by atoms with Crippen molar-refractivity contribution in [3.63, 3.8) is 0 Å². The minimum Gasteiger partial charge on any atom is -0.490 e. The molecule has 1 aliphatic rings. The molecule has 1 aromatic heterocycles. The largest absolute Gasteiger partial charge is 0.490 e. The van der Waals surface area contributed by atoms with E-state index in [0.29, 0.717) is 53.2 Å². The quantitative estimate of drug-likeness (QED) is 0.429. The topological polar surface area (TPSA) is 112 Å². The highest BCUT2D eigenvalue weighted by molar-refractivity contribution is 6.30. The number of methoxy groups -OCH3 is 1. The van der Waals surface area contributed by atoms with Crippen LogP contribution in [0, 0.1) is 6.92 Å². The van der Waals surface area contributed by atoms with Gasteiger partial charge in [-0.05, 0) is 36.8 Å². The maximum absolute atomic E-state index is 13.5. The van der Waals surface area contributed by atoms with Crippen LogP contribution in [0.15, 0.2) is 47.4 Å². The number of alkyl halides is 2. The number of carbonyl (C=O) groups is 1. The molecule has 0 bridgehead atoms. The molecule has 12 heteroatoms. The second-order valence-electron chi connectivity index (χ2n) is 8.88. The molecular formula is C26H28ClF2N5O4. The Bertz CT molecular complexity index is 1400. The van der Waals surface area contributed by atoms with Crippen molar-refractivity contribution in [1.29, 1.82) is 0 Å². The lowest BCUT2D eigenvalue weighted by Crippen LogP contribution is -2.41. The molecule has 1 amide bonds. The fraction of sp³-hybridized carbons (Fsp3) is 0.346. The van der Waals surface area contributed by atoms with Gasteiger partial charge in [-0.15, -0.1) is 0 Å². The number of nitrogens with two attached hydrogens (primary N) is 1. The third-order valence-corrected chi connectivity index (χ3v) is 6.60. The maximum atomic E-state index is 13.5. The van der Waals surface area contributed by atoms with Crippen molar-refractivity contribution in [2.75, 3.05) is 20.2 Å². The molecule has 0 saturated carbocycles. The first-order chi connectivity index (χ1) is 18.2. The van der Waals surface area contributed by atoms with Crippen LogP contribution in [0.5, 0.6) is 5.75 Å². The van der Waals surface area contributed by atoms with Gasteiger partial charge >= 0.3 is 12.6 Å². The van der Waals surface area contributed by atoms with Crippen LogP contribution in [0.4, 0.5) is 13.6 Å². The zero-order valence-electron chi connectivity index (χ0n) is 20.9. The molecule has 0 spiro atoms. The van der Waals surface area contributed by atoms with Gasteiger partial charge in [0.05, 0.1) is 30.3 Å². The number of nitrogens with zero attached hydrogens (tertiary/aromatic N) is 3. The number of nitrogens with one attached hydrogen (secondary N) is 1. The van der Waals surface area contributed by atoms with Crippen LogP contribution in [0.25, 0.3) is 16.6 Å². The number of piperidine rings is 1. The number of rotatable bonds is 7. The highest BCUT2D eigenvalue weighted by Crippen LogP contribution is 2.30. The summed E-state index contributed by atoms with van der Waals surface area (Å²) in [5.74, 6) is 0.736. The van der Waals surface area contributed by atoms with Crippen molar-refractivity contribution in [3.05, 3.63) is 74.9 Å². The summed E-state index contributed by atoms with van der Waals surface area (Å²) in [7, 11) is 1.32. The lowest BCUT2D eigenvalue weighted by molar-refractivity contribution is 0.0790. The first kappa shape index (κ1) is 27.2. The smallest absolute Gasteiger partial charge is 0.409 e. The van der Waals surface area contributed by atoms with Crippen LogP contribution in [-0.4, -0.2) is 53.4 Å². The third-order valence-electron chi connectivity index (χ3n) is 6.34. The minimum absolute atomic E-state index is 0.000933. The zero-order chi connectivity index (χ0) is 27.4. The summed E-state index contributed by atoms with van der Waals surface area (Å²) in [5, 5.41) is 2.77. The number of amides is 1. The Kier molecular flexibility index (Phi) is 8.35. The van der Waals surface area contributed by atoms with Crippen LogP contribution >= 0.6 is 11.6 Å². The Morgan fingerprint density at radius 1 is 1.26 bits per heavy atom. The fourth-order valence-electron chi connectivity index (χ4n) is 4.34. The predicted octanol–water partition coefficient (Wildman–Crippen LogP) is 4.09. The highest BCUT2D eigenvalue weighted by Gasteiger charge is 2.26. The van der Waals surface area contributed by atoms with Gasteiger partial charge in [-0.1, -0.05) is 23.7 Å². The molecule has 0 unspecified atom stereocenters. The van der Waals surface area contributed by atoms with Crippen molar-refractivity contribution in [1.82, 2.24) is 19.8 Å². The summed E-state index contributed by atoms with van der Waals surface area (Å²) >= 11 is 5.98. The molecule has 0 aliphatic carbocycles. The van der Waals surface area contributed by atoms with Crippen LogP contribution < -0.4 is 21.3 Å². The number of aryl methyl sites for hydroxylation is 1. The van der Waals surface area contributed by atoms with E-state index >= 15 is 0 Å². The van der Waals surface area contributed by atoms with Crippen LogP contribution in [0.2, 0.25) is 5.02 Å². The van der Waals surface area contributed by atoms with Crippen molar-refractivity contribution in [2.45, 2.75) is 39.0 Å². The molecule has 3 N–H and O–H groups in total. The Labute approximate surface area is 222 Å². The van der Waals surface area contributed by atoms with Gasteiger partial charge in [-0.25, -0.2) is 9.78 Å². The SMILES string of the molecule is COC(=O)N1CCC(Oc2cc3c(=O)n(Cc4ccc(Cl)cc4)c(C)nc3cc2/C(N)=C/NC(F)F)CC1. The van der Waals surface area contributed by atoms with Crippen molar-refractivity contribution >= 4 is 34.3 Å². The van der Waals surface area contributed by atoms with Crippen LogP contribution in [-0.2, 0) is 11.3 Å². The first-order valence-electron chi connectivity index (χ1n) is 12.0. The first-order valence-corrected chi connectivity index (χ1v) is 12.3. The summed E-state index contributed by atoms with van der Waals surface area (Å²) in [5.41, 5.74) is 7.40. The van der Waals surface area contributed by atoms with Gasteiger partial charge in [-0.3, -0.25) is 9.36 Å². The minimum atomic E-state index is -2.80. The molecule has 202 valence electrons. The molecule has 3 aromatic rings. The third kappa shape index (κ3) is 6.16. The van der Waals surface area contributed by atoms with Gasteiger partial charge < -0.3 is 25.4 Å². The van der Waals surface area contributed by atoms with E-state index in [2.05, 4.69) is 4.98 Å². The number of hydrogen-bond donors (Lipinski definition) is 2. The average Bonchev–Trinajstić information content (AvgIpc) is 2.90. The van der Waals surface area contributed by atoms with E-state index < -0.39 is 12.6 Å². The molecule has 2 heterocycles. The summed E-state index contributed by atoms with van der Waals surface area (Å²) in [6.07, 6.45) is 1.31. The van der Waals surface area contributed by atoms with E-state index in [0.717, 1.165) is 11.8 Å². The van der Waals surface area contributed by atoms with Gasteiger partial charge in [0.2, 0.25) is 0 Å². The van der Waals surface area contributed by atoms with Crippen molar-refractivity contribution < 1.29 is 23.0 Å². The molecule has 1 saturated heterocycles. The molecular weight excluding hydrogens is 520 g/mol. The van der Waals surface area contributed by atoms with Crippen LogP contribution in [0.3, 0.4) is 0 Å². The van der Waals surface area contributed by atoms with E-state index in [9.17, 15) is 18.4 Å². The Morgan fingerprint density at radius 2 is 1.95 bits per heavy atom. The predicted molar refractivity (Wildman–Crippen MR) is 140 cm³/mol. The standard InChI is InChI=1S/C26H28ClF2N5O4/c1-15-32-22-11-19(21(30)13-31-25(28)29)23(38-18-7-9-33(10-8-18)26(36)37-2)12-20(22)24(35)34(15)14-16-3-5-17(27)6-4-16/h3-6,11-13,18,25,31H,7-10,14,30H2,1-2H3/b21-13-. The van der Waals surface area contributed by atoms with Crippen molar-refractivity contribution in [2.24, 2.45) is 5.73 Å². The lowest BCUT2D eigenvalue weighted by Gasteiger charge is -2.31. The van der Waals surface area contributed by atoms with E-state index in [-0.39, 0.29) is 29.7 Å². The zero-order valence-corrected chi connectivity index (χ0v) is 21.7. The van der Waals surface area contributed by atoms with E-state index in [1.165, 1.54) is 7.11 Å². The average molecular weight is 548 g/mol. The van der Waals surface area contributed by atoms with Gasteiger partial charge in [0.15, 0.2) is 0 Å². The normalized spacial score (nSPS) is 14.7. The number of benzene rings is 2. The van der Waals surface area contributed by atoms with Gasteiger partial charge in [0.25, 0.3) is 5.56 Å². The van der Waals surface area contributed by atoms with E-state index in [1.807, 2.05) is 17.4 Å². The summed E-state index contributed by atoms with van der Waals surface area (Å²) in [4.78, 5) is 31.5. The lowest BCUT2D eigenvalue weighted by atomic mass is 10.1. The number of aromatic nitrogens is 2. The van der Waals surface area contributed by atoms with E-state index in [4.69, 9.17) is 26.8 Å². The number of hydrogen-bond acceptors (Lipinski definition) is 7. The summed E-state index contributed by atoms with van der Waals surface area (Å²) in [6.45, 7) is 0.0459. The molecule has 1 aliphatic heterocycles. The highest BCUT2D eigenvalue weighted by atomic mass is 35.5.